The van der Waals surface area contributed by atoms with Crippen LogP contribution in [0.4, 0.5) is 0 Å². The Labute approximate surface area is 176 Å². The summed E-state index contributed by atoms with van der Waals surface area (Å²) in [5.41, 5.74) is -1.72. The number of Topliss-reactive ketones (excluding diaryl/α,β-unsaturated/α-hetero) is 3. The van der Waals surface area contributed by atoms with Crippen molar-refractivity contribution >= 4 is 17.3 Å². The van der Waals surface area contributed by atoms with Gasteiger partial charge in [-0.25, -0.2) is 0 Å². The van der Waals surface area contributed by atoms with Gasteiger partial charge in [-0.1, -0.05) is 27.7 Å². The average Bonchev–Trinajstić information content (AvgIpc) is 2.63. The SMILES string of the molecule is CC(C)C(=O)c1c(O)cc(O)c2c1OC1=C(C(=O)C(C)(C)C(=O)C1(C)C)[C@H]2C(C)C. The summed E-state index contributed by atoms with van der Waals surface area (Å²) in [4.78, 5) is 39.5. The maximum Gasteiger partial charge on any atom is 0.175 e. The molecule has 0 amide bonds. The minimum Gasteiger partial charge on any atom is -0.507 e. The number of rotatable bonds is 3. The van der Waals surface area contributed by atoms with E-state index in [4.69, 9.17) is 4.74 Å². The van der Waals surface area contributed by atoms with Gasteiger partial charge in [-0.05, 0) is 33.6 Å². The molecule has 1 aliphatic heterocycles. The summed E-state index contributed by atoms with van der Waals surface area (Å²) in [6.45, 7) is 13.8. The zero-order valence-electron chi connectivity index (χ0n) is 18.8. The molecule has 0 fully saturated rings. The van der Waals surface area contributed by atoms with Gasteiger partial charge in [-0.15, -0.1) is 0 Å². The Morgan fingerprint density at radius 2 is 1.57 bits per heavy atom. The highest BCUT2D eigenvalue weighted by Gasteiger charge is 2.58. The first-order valence-corrected chi connectivity index (χ1v) is 10.3. The smallest absolute Gasteiger partial charge is 0.175 e. The predicted octanol–water partition coefficient (Wildman–Crippen LogP) is 4.53. The predicted molar refractivity (Wildman–Crippen MR) is 112 cm³/mol. The van der Waals surface area contributed by atoms with Gasteiger partial charge in [-0.2, -0.15) is 0 Å². The van der Waals surface area contributed by atoms with E-state index in [0.717, 1.165) is 6.07 Å². The standard InChI is InChI=1S/C24H30O6/c1-10(2)14-15-12(25)9-13(26)16(18(27)11(3)4)19(15)30-21-17(14)20(28)23(5,6)22(29)24(21,7)8/h9-11,14,25-26H,1-8H3/t14-/m0/s1. The average molecular weight is 414 g/mol. The van der Waals surface area contributed by atoms with E-state index < -0.39 is 22.7 Å². The molecule has 0 radical (unpaired) electrons. The third-order valence-electron chi connectivity index (χ3n) is 6.30. The fourth-order valence-electron chi connectivity index (χ4n) is 4.72. The molecule has 1 aromatic carbocycles. The normalized spacial score (nSPS) is 22.1. The largest absolute Gasteiger partial charge is 0.507 e. The van der Waals surface area contributed by atoms with Crippen molar-refractivity contribution in [3.63, 3.8) is 0 Å². The van der Waals surface area contributed by atoms with Crippen LogP contribution < -0.4 is 4.74 Å². The van der Waals surface area contributed by atoms with E-state index in [-0.39, 0.29) is 51.8 Å². The van der Waals surface area contributed by atoms with Crippen LogP contribution in [0.1, 0.15) is 77.2 Å². The number of hydrogen-bond acceptors (Lipinski definition) is 6. The monoisotopic (exact) mass is 414 g/mol. The van der Waals surface area contributed by atoms with E-state index in [9.17, 15) is 24.6 Å². The molecule has 162 valence electrons. The molecule has 2 N–H and O–H groups in total. The summed E-state index contributed by atoms with van der Waals surface area (Å²) in [5, 5.41) is 21.2. The van der Waals surface area contributed by atoms with Crippen molar-refractivity contribution in [3.05, 3.63) is 28.5 Å². The van der Waals surface area contributed by atoms with Gasteiger partial charge in [0, 0.05) is 29.0 Å². The van der Waals surface area contributed by atoms with Crippen LogP contribution in [0, 0.1) is 22.7 Å². The van der Waals surface area contributed by atoms with Crippen molar-refractivity contribution in [2.45, 2.75) is 61.3 Å². The first kappa shape index (κ1) is 22.1. The number of allylic oxidation sites excluding steroid dienone is 2. The number of aromatic hydroxyl groups is 2. The highest BCUT2D eigenvalue weighted by Crippen LogP contribution is 2.58. The van der Waals surface area contributed by atoms with Gasteiger partial charge in [0.15, 0.2) is 17.3 Å². The van der Waals surface area contributed by atoms with E-state index in [1.54, 1.807) is 41.5 Å². The van der Waals surface area contributed by atoms with Crippen LogP contribution in [0.15, 0.2) is 17.4 Å². The summed E-state index contributed by atoms with van der Waals surface area (Å²) >= 11 is 0. The molecular weight excluding hydrogens is 384 g/mol. The molecule has 0 spiro atoms. The Kier molecular flexibility index (Phi) is 4.92. The van der Waals surface area contributed by atoms with Gasteiger partial charge in [0.2, 0.25) is 0 Å². The molecule has 0 saturated heterocycles. The fraction of sp³-hybridized carbons (Fsp3) is 0.542. The van der Waals surface area contributed by atoms with Gasteiger partial charge in [0.25, 0.3) is 0 Å². The van der Waals surface area contributed by atoms with Crippen molar-refractivity contribution < 1.29 is 29.3 Å². The third-order valence-corrected chi connectivity index (χ3v) is 6.30. The number of carbonyl (C=O) groups is 3. The van der Waals surface area contributed by atoms with Crippen molar-refractivity contribution in [3.8, 4) is 17.2 Å². The molecule has 2 aliphatic rings. The summed E-state index contributed by atoms with van der Waals surface area (Å²) in [6.07, 6.45) is 0. The van der Waals surface area contributed by atoms with Gasteiger partial charge in [0.05, 0.1) is 10.8 Å². The number of benzene rings is 1. The minimum atomic E-state index is -1.24. The van der Waals surface area contributed by atoms with E-state index in [1.165, 1.54) is 0 Å². The summed E-state index contributed by atoms with van der Waals surface area (Å²) in [7, 11) is 0. The first-order chi connectivity index (χ1) is 13.7. The fourth-order valence-corrected chi connectivity index (χ4v) is 4.72. The number of phenols is 2. The van der Waals surface area contributed by atoms with Crippen molar-refractivity contribution in [1.29, 1.82) is 0 Å². The molecule has 6 heteroatoms. The van der Waals surface area contributed by atoms with Crippen LogP contribution in [0.5, 0.6) is 17.2 Å². The van der Waals surface area contributed by atoms with E-state index in [1.807, 2.05) is 13.8 Å². The molecule has 0 unspecified atom stereocenters. The molecular formula is C24H30O6. The van der Waals surface area contributed by atoms with Crippen molar-refractivity contribution in [2.75, 3.05) is 0 Å². The van der Waals surface area contributed by atoms with E-state index in [2.05, 4.69) is 0 Å². The molecule has 3 rings (SSSR count). The summed E-state index contributed by atoms with van der Waals surface area (Å²) in [5.74, 6) is -2.49. The van der Waals surface area contributed by atoms with Crippen LogP contribution >= 0.6 is 0 Å². The molecule has 1 aromatic rings. The van der Waals surface area contributed by atoms with E-state index in [0.29, 0.717) is 11.1 Å². The van der Waals surface area contributed by atoms with Crippen LogP contribution in [-0.2, 0) is 9.59 Å². The Hall–Kier alpha value is -2.63. The first-order valence-electron chi connectivity index (χ1n) is 10.3. The quantitative estimate of drug-likeness (QED) is 0.557. The Morgan fingerprint density at radius 3 is 2.07 bits per heavy atom. The third kappa shape index (κ3) is 2.80. The molecule has 0 saturated carbocycles. The Bertz CT molecular complexity index is 1010. The van der Waals surface area contributed by atoms with Crippen LogP contribution in [0.25, 0.3) is 0 Å². The number of ketones is 3. The highest BCUT2D eigenvalue weighted by atomic mass is 16.5. The molecule has 0 aromatic heterocycles. The lowest BCUT2D eigenvalue weighted by molar-refractivity contribution is -0.144. The number of carbonyl (C=O) groups excluding carboxylic acids is 3. The van der Waals surface area contributed by atoms with Crippen LogP contribution in [-0.4, -0.2) is 27.6 Å². The second-order valence-corrected chi connectivity index (χ2v) is 10.0. The number of ether oxygens (including phenoxy) is 1. The summed E-state index contributed by atoms with van der Waals surface area (Å²) in [6, 6.07) is 1.13. The van der Waals surface area contributed by atoms with Crippen LogP contribution in [0.2, 0.25) is 0 Å². The topological polar surface area (TPSA) is 101 Å². The van der Waals surface area contributed by atoms with Gasteiger partial charge in [-0.3, -0.25) is 14.4 Å². The number of hydrogen-bond donors (Lipinski definition) is 2. The highest BCUT2D eigenvalue weighted by molar-refractivity contribution is 6.20. The lowest BCUT2D eigenvalue weighted by atomic mass is 9.59. The van der Waals surface area contributed by atoms with Gasteiger partial charge in [0.1, 0.15) is 28.6 Å². The lowest BCUT2D eigenvalue weighted by Gasteiger charge is -2.45. The summed E-state index contributed by atoms with van der Waals surface area (Å²) < 4.78 is 6.13. The zero-order chi connectivity index (χ0) is 22.9. The van der Waals surface area contributed by atoms with E-state index >= 15 is 0 Å². The number of fused-ring (bicyclic) bond motifs is 1. The second kappa shape index (κ2) is 6.69. The molecule has 1 heterocycles. The molecule has 1 atom stereocenters. The Morgan fingerprint density at radius 1 is 1.00 bits per heavy atom. The maximum atomic E-state index is 13.5. The minimum absolute atomic E-state index is 0.0319. The van der Waals surface area contributed by atoms with Crippen molar-refractivity contribution in [2.24, 2.45) is 22.7 Å². The number of phenolic OH excluding ortho intramolecular Hbond substituents is 2. The second-order valence-electron chi connectivity index (χ2n) is 10.0. The lowest BCUT2D eigenvalue weighted by Crippen LogP contribution is -2.52. The zero-order valence-corrected chi connectivity index (χ0v) is 18.8. The Balaban J connectivity index is 2.44. The van der Waals surface area contributed by atoms with Crippen LogP contribution in [0.3, 0.4) is 0 Å². The molecule has 1 aliphatic carbocycles. The molecule has 30 heavy (non-hydrogen) atoms. The van der Waals surface area contributed by atoms with Gasteiger partial charge >= 0.3 is 0 Å². The molecule has 6 nitrogen and oxygen atoms in total. The van der Waals surface area contributed by atoms with Crippen molar-refractivity contribution in [1.82, 2.24) is 0 Å². The van der Waals surface area contributed by atoms with Gasteiger partial charge < -0.3 is 14.9 Å². The molecule has 0 bridgehead atoms. The maximum absolute atomic E-state index is 13.5.